The van der Waals surface area contributed by atoms with Crippen LogP contribution in [0.1, 0.15) is 0 Å². The molecular formula is C25H20P2Ru. The quantitative estimate of drug-likeness (QED) is 0.271. The molecule has 0 saturated carbocycles. The molecule has 0 spiro atoms. The molecule has 0 aliphatic heterocycles. The molecule has 4 aromatic rings. The van der Waals surface area contributed by atoms with Crippen molar-refractivity contribution in [2.24, 2.45) is 0 Å². The molecule has 0 aliphatic carbocycles. The summed E-state index contributed by atoms with van der Waals surface area (Å²) in [5.74, 6) is 0. The molecule has 28 heavy (non-hydrogen) atoms. The number of rotatable bonds is 6. The van der Waals surface area contributed by atoms with E-state index in [1.807, 2.05) is 0 Å². The second kappa shape index (κ2) is 9.63. The Bertz CT molecular complexity index is 855. The van der Waals surface area contributed by atoms with E-state index in [0.29, 0.717) is 0 Å². The molecule has 0 bridgehead atoms. The molecule has 0 aliphatic rings. The van der Waals surface area contributed by atoms with Crippen molar-refractivity contribution in [2.45, 2.75) is 0 Å². The first-order chi connectivity index (χ1) is 13.8. The fourth-order valence-electron chi connectivity index (χ4n) is 3.12. The van der Waals surface area contributed by atoms with Gasteiger partial charge in [-0.05, 0) is 0 Å². The van der Waals surface area contributed by atoms with Gasteiger partial charge in [-0.2, -0.15) is 0 Å². The van der Waals surface area contributed by atoms with E-state index in [-0.39, 0.29) is 0 Å². The molecule has 0 aromatic heterocycles. The summed E-state index contributed by atoms with van der Waals surface area (Å²) in [6.45, 7) is 0. The van der Waals surface area contributed by atoms with E-state index >= 15 is 0 Å². The van der Waals surface area contributed by atoms with Gasteiger partial charge in [-0.15, -0.1) is 0 Å². The Morgan fingerprint density at radius 1 is 0.393 bits per heavy atom. The van der Waals surface area contributed by atoms with Crippen molar-refractivity contribution >= 4 is 40.6 Å². The molecule has 0 N–H and O–H groups in total. The van der Waals surface area contributed by atoms with Gasteiger partial charge in [0.2, 0.25) is 0 Å². The van der Waals surface area contributed by atoms with Crippen LogP contribution in [-0.4, -0.2) is 3.59 Å². The Hall–Kier alpha value is -1.77. The second-order valence-electron chi connectivity index (χ2n) is 6.27. The predicted molar refractivity (Wildman–Crippen MR) is 123 cm³/mol. The molecule has 138 valence electrons. The maximum atomic E-state index is 3.03. The first-order valence-electron chi connectivity index (χ1n) is 9.16. The summed E-state index contributed by atoms with van der Waals surface area (Å²) >= 11 is 3.03. The predicted octanol–water partition coefficient (Wildman–Crippen LogP) is 4.89. The van der Waals surface area contributed by atoms with Gasteiger partial charge in [-0.25, -0.2) is 0 Å². The Morgan fingerprint density at radius 2 is 0.607 bits per heavy atom. The number of benzene rings is 4. The topological polar surface area (TPSA) is 0 Å². The van der Waals surface area contributed by atoms with Gasteiger partial charge in [0.25, 0.3) is 0 Å². The van der Waals surface area contributed by atoms with Gasteiger partial charge in [0, 0.05) is 0 Å². The Balaban J connectivity index is 1.85. The standard InChI is InChI=1S/C25H20P2.Ru/c1-5-13-22(14-6-1)26(23-15-7-2-8-16-23)21-27(24-17-9-3-10-18-24)25-19-11-4-12-20-25;/h1-20H;. The molecule has 3 heteroatoms. The molecule has 0 radical (unpaired) electrons. The average Bonchev–Trinajstić information content (AvgIpc) is 2.77. The summed E-state index contributed by atoms with van der Waals surface area (Å²) in [5, 5.41) is 5.60. The summed E-state index contributed by atoms with van der Waals surface area (Å²) < 4.78 is 1.50. The SMILES string of the molecule is [Ru]=[C](P(c1ccccc1)c1ccccc1)P(c1ccccc1)c1ccccc1. The molecule has 0 atom stereocenters. The van der Waals surface area contributed by atoms with Crippen LogP contribution >= 0.6 is 15.8 Å². The van der Waals surface area contributed by atoms with E-state index in [4.69, 9.17) is 0 Å². The fraction of sp³-hybridized carbons (Fsp3) is 0. The van der Waals surface area contributed by atoms with Crippen LogP contribution in [0.5, 0.6) is 0 Å². The van der Waals surface area contributed by atoms with Gasteiger partial charge in [-0.1, -0.05) is 0 Å². The third-order valence-electron chi connectivity index (χ3n) is 4.42. The molecule has 0 amide bonds. The van der Waals surface area contributed by atoms with Crippen LogP contribution in [0.2, 0.25) is 0 Å². The number of hydrogen-bond acceptors (Lipinski definition) is 0. The van der Waals surface area contributed by atoms with Crippen molar-refractivity contribution in [1.82, 2.24) is 0 Å². The summed E-state index contributed by atoms with van der Waals surface area (Å²) in [6, 6.07) is 43.8. The van der Waals surface area contributed by atoms with Crippen LogP contribution in [0, 0.1) is 0 Å². The Labute approximate surface area is 179 Å². The molecular weight excluding hydrogens is 463 g/mol. The molecule has 0 fully saturated rings. The minimum absolute atomic E-state index is 0.584. The molecule has 0 nitrogen and oxygen atoms in total. The second-order valence-corrected chi connectivity index (χ2v) is 13.1. The van der Waals surface area contributed by atoms with E-state index in [1.165, 1.54) is 24.8 Å². The van der Waals surface area contributed by atoms with Crippen LogP contribution in [0.15, 0.2) is 121 Å². The van der Waals surface area contributed by atoms with Crippen molar-refractivity contribution < 1.29 is 17.9 Å². The van der Waals surface area contributed by atoms with Crippen molar-refractivity contribution in [3.63, 3.8) is 0 Å². The van der Waals surface area contributed by atoms with Gasteiger partial charge in [0.15, 0.2) is 0 Å². The third-order valence-corrected chi connectivity index (χ3v) is 11.9. The summed E-state index contributed by atoms with van der Waals surface area (Å²) in [4.78, 5) is 0. The van der Waals surface area contributed by atoms with E-state index in [9.17, 15) is 0 Å². The molecule has 0 saturated heterocycles. The Kier molecular flexibility index (Phi) is 6.72. The van der Waals surface area contributed by atoms with Crippen LogP contribution in [0.25, 0.3) is 0 Å². The van der Waals surface area contributed by atoms with E-state index < -0.39 is 15.8 Å². The van der Waals surface area contributed by atoms with Crippen LogP contribution in [-0.2, 0) is 17.9 Å². The zero-order chi connectivity index (χ0) is 19.2. The van der Waals surface area contributed by atoms with Crippen LogP contribution in [0.4, 0.5) is 0 Å². The third kappa shape index (κ3) is 4.45. The molecule has 0 heterocycles. The van der Waals surface area contributed by atoms with Crippen molar-refractivity contribution in [1.29, 1.82) is 0 Å². The van der Waals surface area contributed by atoms with E-state index in [2.05, 4.69) is 139 Å². The zero-order valence-corrected chi connectivity index (χ0v) is 18.8. The van der Waals surface area contributed by atoms with Gasteiger partial charge in [0.1, 0.15) is 0 Å². The monoisotopic (exact) mass is 484 g/mol. The maximum absolute atomic E-state index is 3.03. The Morgan fingerprint density at radius 3 is 0.821 bits per heavy atom. The van der Waals surface area contributed by atoms with Gasteiger partial charge in [-0.3, -0.25) is 0 Å². The first-order valence-corrected chi connectivity index (χ1v) is 12.7. The molecule has 4 rings (SSSR count). The van der Waals surface area contributed by atoms with E-state index in [1.54, 1.807) is 0 Å². The van der Waals surface area contributed by atoms with Gasteiger partial charge in [0.05, 0.1) is 0 Å². The summed E-state index contributed by atoms with van der Waals surface area (Å²) in [7, 11) is -1.17. The summed E-state index contributed by atoms with van der Waals surface area (Å²) in [6.07, 6.45) is 0. The minimum atomic E-state index is -0.584. The zero-order valence-electron chi connectivity index (χ0n) is 15.3. The average molecular weight is 483 g/mol. The normalized spacial score (nSPS) is 11.0. The van der Waals surface area contributed by atoms with Crippen molar-refractivity contribution in [3.05, 3.63) is 121 Å². The molecule has 4 aromatic carbocycles. The fourth-order valence-corrected chi connectivity index (χ4v) is 11.3. The van der Waals surface area contributed by atoms with Crippen LogP contribution in [0.3, 0.4) is 0 Å². The number of hydrogen-bond donors (Lipinski definition) is 0. The van der Waals surface area contributed by atoms with Gasteiger partial charge >= 0.3 is 180 Å². The van der Waals surface area contributed by atoms with Crippen molar-refractivity contribution in [3.8, 4) is 0 Å². The van der Waals surface area contributed by atoms with Gasteiger partial charge < -0.3 is 0 Å². The summed E-state index contributed by atoms with van der Waals surface area (Å²) in [5.41, 5.74) is 0. The van der Waals surface area contributed by atoms with Crippen molar-refractivity contribution in [2.75, 3.05) is 0 Å². The first kappa shape index (κ1) is 19.5. The van der Waals surface area contributed by atoms with E-state index in [0.717, 1.165) is 0 Å². The van der Waals surface area contributed by atoms with Crippen LogP contribution < -0.4 is 21.2 Å². The molecule has 0 unspecified atom stereocenters.